The number of likely N-dealkylation sites (N-methyl/N-ethyl adjacent to an activating group) is 1. The minimum Gasteiger partial charge on any atom is -0.397 e. The number of nitrogen functional groups attached to an aromatic ring is 1. The Labute approximate surface area is 129 Å². The van der Waals surface area contributed by atoms with Crippen molar-refractivity contribution in [1.29, 1.82) is 0 Å². The standard InChI is InChI=1S/C16H18ClN3O/c1-11-3-6-13(7-4-11)19-16(21)10-20(2)15-9-12(17)5-8-14(15)18/h3-9H,10,18H2,1-2H3,(H,19,21). The molecule has 2 aromatic rings. The number of nitrogens with two attached hydrogens (primary N) is 1. The molecule has 2 rings (SSSR count). The molecule has 0 saturated carbocycles. The van der Waals surface area contributed by atoms with Crippen LogP contribution in [0.2, 0.25) is 5.02 Å². The van der Waals surface area contributed by atoms with E-state index in [9.17, 15) is 4.79 Å². The van der Waals surface area contributed by atoms with E-state index in [-0.39, 0.29) is 12.5 Å². The summed E-state index contributed by atoms with van der Waals surface area (Å²) in [5.41, 5.74) is 9.15. The quantitative estimate of drug-likeness (QED) is 0.852. The zero-order valence-corrected chi connectivity index (χ0v) is 12.8. The van der Waals surface area contributed by atoms with E-state index in [2.05, 4.69) is 5.32 Å². The zero-order chi connectivity index (χ0) is 15.4. The van der Waals surface area contributed by atoms with Crippen LogP contribution in [-0.2, 0) is 4.79 Å². The van der Waals surface area contributed by atoms with E-state index < -0.39 is 0 Å². The lowest BCUT2D eigenvalue weighted by Gasteiger charge is -2.20. The van der Waals surface area contributed by atoms with Gasteiger partial charge in [0.1, 0.15) is 0 Å². The Morgan fingerprint density at radius 3 is 2.57 bits per heavy atom. The highest BCUT2D eigenvalue weighted by molar-refractivity contribution is 6.31. The predicted molar refractivity (Wildman–Crippen MR) is 88.9 cm³/mol. The third kappa shape index (κ3) is 4.13. The smallest absolute Gasteiger partial charge is 0.243 e. The molecule has 0 aliphatic heterocycles. The topological polar surface area (TPSA) is 58.4 Å². The Morgan fingerprint density at radius 1 is 1.24 bits per heavy atom. The second-order valence-electron chi connectivity index (χ2n) is 4.97. The fraction of sp³-hybridized carbons (Fsp3) is 0.188. The van der Waals surface area contributed by atoms with Crippen LogP contribution in [0.4, 0.5) is 17.1 Å². The van der Waals surface area contributed by atoms with Gasteiger partial charge in [0.25, 0.3) is 0 Å². The Bertz CT molecular complexity index is 640. The molecule has 2 aromatic carbocycles. The van der Waals surface area contributed by atoms with Crippen LogP contribution in [0.25, 0.3) is 0 Å². The van der Waals surface area contributed by atoms with Crippen LogP contribution in [0, 0.1) is 6.92 Å². The van der Waals surface area contributed by atoms with Crippen LogP contribution in [0.15, 0.2) is 42.5 Å². The predicted octanol–water partition coefficient (Wildman–Crippen LogP) is 3.31. The monoisotopic (exact) mass is 303 g/mol. The van der Waals surface area contributed by atoms with Crippen molar-refractivity contribution >= 4 is 34.6 Å². The molecule has 0 heterocycles. The number of hydrogen-bond donors (Lipinski definition) is 2. The molecule has 0 spiro atoms. The first kappa shape index (κ1) is 15.2. The number of carbonyl (C=O) groups is 1. The molecule has 0 unspecified atom stereocenters. The molecule has 0 radical (unpaired) electrons. The largest absolute Gasteiger partial charge is 0.397 e. The number of anilines is 3. The lowest BCUT2D eigenvalue weighted by Crippen LogP contribution is -2.30. The van der Waals surface area contributed by atoms with Crippen molar-refractivity contribution in [3.05, 3.63) is 53.1 Å². The number of nitrogens with one attached hydrogen (secondary N) is 1. The summed E-state index contributed by atoms with van der Waals surface area (Å²) in [6.07, 6.45) is 0. The van der Waals surface area contributed by atoms with E-state index in [1.807, 2.05) is 31.2 Å². The number of benzene rings is 2. The number of rotatable bonds is 4. The molecule has 0 bridgehead atoms. The maximum absolute atomic E-state index is 12.1. The molecule has 0 aliphatic carbocycles. The number of amides is 1. The van der Waals surface area contributed by atoms with Gasteiger partial charge in [-0.1, -0.05) is 29.3 Å². The molecule has 4 nitrogen and oxygen atoms in total. The average Bonchev–Trinajstić information content (AvgIpc) is 2.44. The van der Waals surface area contributed by atoms with E-state index in [4.69, 9.17) is 17.3 Å². The van der Waals surface area contributed by atoms with Crippen molar-refractivity contribution in [2.24, 2.45) is 0 Å². The average molecular weight is 304 g/mol. The van der Waals surface area contributed by atoms with E-state index in [1.54, 1.807) is 30.1 Å². The Kier molecular flexibility index (Phi) is 4.70. The molecule has 3 N–H and O–H groups in total. The van der Waals surface area contributed by atoms with Crippen molar-refractivity contribution in [3.8, 4) is 0 Å². The summed E-state index contributed by atoms with van der Waals surface area (Å²) < 4.78 is 0. The van der Waals surface area contributed by atoms with Gasteiger partial charge in [-0.25, -0.2) is 0 Å². The van der Waals surface area contributed by atoms with Gasteiger partial charge in [0.2, 0.25) is 5.91 Å². The highest BCUT2D eigenvalue weighted by atomic mass is 35.5. The summed E-state index contributed by atoms with van der Waals surface area (Å²) in [6.45, 7) is 2.19. The summed E-state index contributed by atoms with van der Waals surface area (Å²) in [5, 5.41) is 3.44. The van der Waals surface area contributed by atoms with Gasteiger partial charge in [-0.3, -0.25) is 4.79 Å². The minimum atomic E-state index is -0.110. The first-order valence-electron chi connectivity index (χ1n) is 6.58. The molecule has 110 valence electrons. The summed E-state index contributed by atoms with van der Waals surface area (Å²) in [7, 11) is 1.80. The zero-order valence-electron chi connectivity index (χ0n) is 12.1. The Hall–Kier alpha value is -2.20. The second kappa shape index (κ2) is 6.50. The van der Waals surface area contributed by atoms with E-state index in [0.717, 1.165) is 16.9 Å². The molecular formula is C16H18ClN3O. The molecule has 0 fully saturated rings. The Balaban J connectivity index is 2.01. The van der Waals surface area contributed by atoms with Crippen LogP contribution >= 0.6 is 11.6 Å². The normalized spacial score (nSPS) is 10.2. The minimum absolute atomic E-state index is 0.110. The van der Waals surface area contributed by atoms with Gasteiger partial charge in [0.05, 0.1) is 17.9 Å². The van der Waals surface area contributed by atoms with Gasteiger partial charge >= 0.3 is 0 Å². The van der Waals surface area contributed by atoms with Gasteiger partial charge in [-0.15, -0.1) is 0 Å². The third-order valence-corrected chi connectivity index (χ3v) is 3.35. The summed E-state index contributed by atoms with van der Waals surface area (Å²) in [4.78, 5) is 13.8. The molecule has 21 heavy (non-hydrogen) atoms. The van der Waals surface area contributed by atoms with E-state index >= 15 is 0 Å². The molecule has 5 heteroatoms. The van der Waals surface area contributed by atoms with Gasteiger partial charge in [-0.2, -0.15) is 0 Å². The molecule has 1 amide bonds. The van der Waals surface area contributed by atoms with Crippen LogP contribution in [0.5, 0.6) is 0 Å². The molecule has 0 saturated heterocycles. The summed E-state index contributed by atoms with van der Waals surface area (Å²) >= 11 is 5.96. The van der Waals surface area contributed by atoms with E-state index in [1.165, 1.54) is 0 Å². The molecule has 0 aromatic heterocycles. The van der Waals surface area contributed by atoms with Crippen LogP contribution in [0.1, 0.15) is 5.56 Å². The second-order valence-corrected chi connectivity index (χ2v) is 5.41. The van der Waals surface area contributed by atoms with Gasteiger partial charge in [0.15, 0.2) is 0 Å². The maximum atomic E-state index is 12.1. The molecule has 0 aliphatic rings. The van der Waals surface area contributed by atoms with Crippen LogP contribution < -0.4 is 16.0 Å². The lowest BCUT2D eigenvalue weighted by atomic mass is 10.2. The third-order valence-electron chi connectivity index (χ3n) is 3.12. The molecular weight excluding hydrogens is 286 g/mol. The SMILES string of the molecule is Cc1ccc(NC(=O)CN(C)c2cc(Cl)ccc2N)cc1. The number of halogens is 1. The van der Waals surface area contributed by atoms with Gasteiger partial charge in [-0.05, 0) is 37.3 Å². The van der Waals surface area contributed by atoms with Crippen LogP contribution in [0.3, 0.4) is 0 Å². The van der Waals surface area contributed by atoms with E-state index in [0.29, 0.717) is 10.7 Å². The summed E-state index contributed by atoms with van der Waals surface area (Å²) in [6, 6.07) is 12.9. The van der Waals surface area contributed by atoms with Gasteiger partial charge in [0, 0.05) is 17.8 Å². The van der Waals surface area contributed by atoms with Crippen molar-refractivity contribution in [3.63, 3.8) is 0 Å². The lowest BCUT2D eigenvalue weighted by molar-refractivity contribution is -0.114. The van der Waals surface area contributed by atoms with Crippen molar-refractivity contribution in [1.82, 2.24) is 0 Å². The highest BCUT2D eigenvalue weighted by Gasteiger charge is 2.11. The Morgan fingerprint density at radius 2 is 1.90 bits per heavy atom. The number of carbonyl (C=O) groups excluding carboxylic acids is 1. The number of aryl methyl sites for hydroxylation is 1. The first-order chi connectivity index (χ1) is 9.95. The fourth-order valence-electron chi connectivity index (χ4n) is 1.99. The van der Waals surface area contributed by atoms with Crippen molar-refractivity contribution < 1.29 is 4.79 Å². The first-order valence-corrected chi connectivity index (χ1v) is 6.96. The van der Waals surface area contributed by atoms with Crippen LogP contribution in [-0.4, -0.2) is 19.5 Å². The van der Waals surface area contributed by atoms with Crippen molar-refractivity contribution in [2.45, 2.75) is 6.92 Å². The maximum Gasteiger partial charge on any atom is 0.243 e. The van der Waals surface area contributed by atoms with Crippen molar-refractivity contribution in [2.75, 3.05) is 29.5 Å². The number of hydrogen-bond acceptors (Lipinski definition) is 3. The summed E-state index contributed by atoms with van der Waals surface area (Å²) in [5.74, 6) is -0.110. The molecule has 0 atom stereocenters. The van der Waals surface area contributed by atoms with Gasteiger partial charge < -0.3 is 16.0 Å². The number of nitrogens with zero attached hydrogens (tertiary/aromatic N) is 1. The highest BCUT2D eigenvalue weighted by Crippen LogP contribution is 2.25. The fourth-order valence-corrected chi connectivity index (χ4v) is 2.15.